The van der Waals surface area contributed by atoms with Crippen LogP contribution in [-0.4, -0.2) is 41.6 Å². The van der Waals surface area contributed by atoms with Crippen LogP contribution in [0.5, 0.6) is 0 Å². The minimum Gasteiger partial charge on any atom is -0.364 e. The van der Waals surface area contributed by atoms with Gasteiger partial charge in [0.2, 0.25) is 0 Å². The molecule has 5 heteroatoms. The predicted octanol–water partition coefficient (Wildman–Crippen LogP) is 1.28. The Bertz CT molecular complexity index is 345. The summed E-state index contributed by atoms with van der Waals surface area (Å²) >= 11 is 0. The van der Waals surface area contributed by atoms with E-state index in [0.29, 0.717) is 11.7 Å². The molecule has 5 nitrogen and oxygen atoms in total. The topological polar surface area (TPSA) is 58.4 Å². The number of hydrogen-bond donors (Lipinski definition) is 1. The number of hydrogen-bond acceptors (Lipinski definition) is 4. The van der Waals surface area contributed by atoms with Gasteiger partial charge in [0.25, 0.3) is 5.91 Å². The Balaban J connectivity index is 1.98. The fourth-order valence-corrected chi connectivity index (χ4v) is 2.21. The molecule has 0 bridgehead atoms. The van der Waals surface area contributed by atoms with Gasteiger partial charge in [0.1, 0.15) is 6.26 Å². The monoisotopic (exact) mass is 237 g/mol. The maximum absolute atomic E-state index is 12.2. The first-order chi connectivity index (χ1) is 8.31. The van der Waals surface area contributed by atoms with Gasteiger partial charge in [-0.3, -0.25) is 4.79 Å². The zero-order chi connectivity index (χ0) is 12.1. The second-order valence-corrected chi connectivity index (χ2v) is 4.43. The van der Waals surface area contributed by atoms with E-state index >= 15 is 0 Å². The summed E-state index contributed by atoms with van der Waals surface area (Å²) in [6.45, 7) is 4.66. The number of aromatic nitrogens is 1. The average Bonchev–Trinajstić information content (AvgIpc) is 3.00. The van der Waals surface area contributed by atoms with Crippen LogP contribution in [-0.2, 0) is 0 Å². The molecule has 1 unspecified atom stereocenters. The van der Waals surface area contributed by atoms with Crippen molar-refractivity contribution in [3.8, 4) is 0 Å². The lowest BCUT2D eigenvalue weighted by Gasteiger charge is -2.24. The SMILES string of the molecule is CCCN(CC1CCCN1)C(=O)c1ccon1. The highest BCUT2D eigenvalue weighted by molar-refractivity contribution is 5.92. The Kier molecular flexibility index (Phi) is 4.14. The van der Waals surface area contributed by atoms with Crippen LogP contribution in [0.2, 0.25) is 0 Å². The number of nitrogens with one attached hydrogen (secondary N) is 1. The molecule has 0 spiro atoms. The second kappa shape index (κ2) is 5.82. The smallest absolute Gasteiger partial charge is 0.276 e. The lowest BCUT2D eigenvalue weighted by molar-refractivity contribution is 0.0731. The number of rotatable bonds is 5. The molecule has 0 aromatic carbocycles. The minimum absolute atomic E-state index is 0.0331. The van der Waals surface area contributed by atoms with Crippen LogP contribution in [0.1, 0.15) is 36.7 Å². The van der Waals surface area contributed by atoms with Gasteiger partial charge in [0.05, 0.1) is 0 Å². The molecule has 0 aliphatic carbocycles. The Labute approximate surface area is 101 Å². The van der Waals surface area contributed by atoms with Crippen molar-refractivity contribution in [2.75, 3.05) is 19.6 Å². The first-order valence-corrected chi connectivity index (χ1v) is 6.24. The van der Waals surface area contributed by atoms with Gasteiger partial charge in [0, 0.05) is 25.2 Å². The van der Waals surface area contributed by atoms with Gasteiger partial charge in [0.15, 0.2) is 5.69 Å². The van der Waals surface area contributed by atoms with Crippen molar-refractivity contribution in [1.82, 2.24) is 15.4 Å². The third kappa shape index (κ3) is 3.06. The van der Waals surface area contributed by atoms with Crippen LogP contribution in [0.15, 0.2) is 16.9 Å². The molecule has 1 atom stereocenters. The third-order valence-electron chi connectivity index (χ3n) is 3.04. The van der Waals surface area contributed by atoms with Crippen molar-refractivity contribution in [3.05, 3.63) is 18.0 Å². The van der Waals surface area contributed by atoms with E-state index in [4.69, 9.17) is 4.52 Å². The number of nitrogens with zero attached hydrogens (tertiary/aromatic N) is 2. The minimum atomic E-state index is -0.0331. The largest absolute Gasteiger partial charge is 0.364 e. The molecule has 1 aromatic rings. The average molecular weight is 237 g/mol. The Morgan fingerprint density at radius 2 is 2.59 bits per heavy atom. The van der Waals surface area contributed by atoms with Gasteiger partial charge in [-0.15, -0.1) is 0 Å². The quantitative estimate of drug-likeness (QED) is 0.838. The Morgan fingerprint density at radius 1 is 1.71 bits per heavy atom. The molecular weight excluding hydrogens is 218 g/mol. The number of carbonyl (C=O) groups is 1. The van der Waals surface area contributed by atoms with Crippen LogP contribution < -0.4 is 5.32 Å². The molecular formula is C12H19N3O2. The van der Waals surface area contributed by atoms with E-state index in [1.165, 1.54) is 12.7 Å². The molecule has 17 heavy (non-hydrogen) atoms. The van der Waals surface area contributed by atoms with Crippen molar-refractivity contribution in [1.29, 1.82) is 0 Å². The maximum Gasteiger partial charge on any atom is 0.276 e. The van der Waals surface area contributed by atoms with Crippen molar-refractivity contribution < 1.29 is 9.32 Å². The van der Waals surface area contributed by atoms with E-state index in [-0.39, 0.29) is 5.91 Å². The van der Waals surface area contributed by atoms with Gasteiger partial charge in [-0.05, 0) is 25.8 Å². The van der Waals surface area contributed by atoms with Gasteiger partial charge in [-0.1, -0.05) is 12.1 Å². The summed E-state index contributed by atoms with van der Waals surface area (Å²) < 4.78 is 4.72. The van der Waals surface area contributed by atoms with Crippen molar-refractivity contribution in [2.45, 2.75) is 32.2 Å². The first kappa shape index (κ1) is 12.1. The first-order valence-electron chi connectivity index (χ1n) is 6.24. The number of amides is 1. The molecule has 0 saturated carbocycles. The molecule has 1 N–H and O–H groups in total. The van der Waals surface area contributed by atoms with Crippen LogP contribution in [0, 0.1) is 0 Å². The molecule has 1 amide bonds. The lowest BCUT2D eigenvalue weighted by atomic mass is 10.2. The lowest BCUT2D eigenvalue weighted by Crippen LogP contribution is -2.41. The van der Waals surface area contributed by atoms with Crippen LogP contribution in [0.4, 0.5) is 0 Å². The van der Waals surface area contributed by atoms with E-state index in [2.05, 4.69) is 17.4 Å². The maximum atomic E-state index is 12.2. The fourth-order valence-electron chi connectivity index (χ4n) is 2.21. The third-order valence-corrected chi connectivity index (χ3v) is 3.04. The van der Waals surface area contributed by atoms with Gasteiger partial charge in [-0.25, -0.2) is 0 Å². The standard InChI is InChI=1S/C12H19N3O2/c1-2-7-15(9-10-4-3-6-13-10)12(16)11-5-8-17-14-11/h5,8,10,13H,2-4,6-7,9H2,1H3. The zero-order valence-corrected chi connectivity index (χ0v) is 10.2. The molecule has 0 radical (unpaired) electrons. The highest BCUT2D eigenvalue weighted by Crippen LogP contribution is 2.10. The molecule has 1 saturated heterocycles. The van der Waals surface area contributed by atoms with E-state index in [1.54, 1.807) is 6.07 Å². The summed E-state index contributed by atoms with van der Waals surface area (Å²) in [5.74, 6) is -0.0331. The molecule has 2 rings (SSSR count). The molecule has 1 aromatic heterocycles. The summed E-state index contributed by atoms with van der Waals surface area (Å²) in [7, 11) is 0. The second-order valence-electron chi connectivity index (χ2n) is 4.43. The van der Waals surface area contributed by atoms with E-state index in [9.17, 15) is 4.79 Å². The van der Waals surface area contributed by atoms with Crippen molar-refractivity contribution >= 4 is 5.91 Å². The Morgan fingerprint density at radius 3 is 3.18 bits per heavy atom. The normalized spacial score (nSPS) is 19.5. The van der Waals surface area contributed by atoms with Gasteiger partial charge < -0.3 is 14.7 Å². The van der Waals surface area contributed by atoms with Gasteiger partial charge >= 0.3 is 0 Å². The van der Waals surface area contributed by atoms with Crippen molar-refractivity contribution in [2.24, 2.45) is 0 Å². The summed E-state index contributed by atoms with van der Waals surface area (Å²) in [4.78, 5) is 14.0. The summed E-state index contributed by atoms with van der Waals surface area (Å²) in [5, 5.41) is 7.12. The fraction of sp³-hybridized carbons (Fsp3) is 0.667. The summed E-state index contributed by atoms with van der Waals surface area (Å²) in [6.07, 6.45) is 4.73. The van der Waals surface area contributed by atoms with Crippen LogP contribution in [0.25, 0.3) is 0 Å². The Hall–Kier alpha value is -1.36. The van der Waals surface area contributed by atoms with E-state index in [0.717, 1.165) is 32.5 Å². The van der Waals surface area contributed by atoms with Crippen LogP contribution in [0.3, 0.4) is 0 Å². The zero-order valence-electron chi connectivity index (χ0n) is 10.2. The number of carbonyl (C=O) groups excluding carboxylic acids is 1. The molecule has 1 aliphatic rings. The highest BCUT2D eigenvalue weighted by Gasteiger charge is 2.23. The van der Waals surface area contributed by atoms with Crippen molar-refractivity contribution in [3.63, 3.8) is 0 Å². The summed E-state index contributed by atoms with van der Waals surface area (Å²) in [6, 6.07) is 2.05. The summed E-state index contributed by atoms with van der Waals surface area (Å²) in [5.41, 5.74) is 0.399. The van der Waals surface area contributed by atoms with Crippen LogP contribution >= 0.6 is 0 Å². The molecule has 2 heterocycles. The predicted molar refractivity (Wildman–Crippen MR) is 63.7 cm³/mol. The van der Waals surface area contributed by atoms with E-state index < -0.39 is 0 Å². The molecule has 1 fully saturated rings. The molecule has 1 aliphatic heterocycles. The molecule has 94 valence electrons. The highest BCUT2D eigenvalue weighted by atomic mass is 16.5. The van der Waals surface area contributed by atoms with E-state index in [1.807, 2.05) is 4.90 Å². The van der Waals surface area contributed by atoms with Gasteiger partial charge in [-0.2, -0.15) is 0 Å².